The van der Waals surface area contributed by atoms with Crippen LogP contribution in [0.15, 0.2) is 24.3 Å². The molecule has 0 heterocycles. The first-order valence-electron chi connectivity index (χ1n) is 5.04. The summed E-state index contributed by atoms with van der Waals surface area (Å²) in [5.74, 6) is 0. The highest BCUT2D eigenvalue weighted by atomic mass is 16.5. The molecule has 1 aromatic carbocycles. The van der Waals surface area contributed by atoms with E-state index in [1.54, 1.807) is 12.1 Å². The zero-order valence-electron chi connectivity index (χ0n) is 8.65. The Kier molecular flexibility index (Phi) is 5.46. The normalized spacial score (nSPS) is 9.87. The Hall–Kier alpha value is -1.37. The summed E-state index contributed by atoms with van der Waals surface area (Å²) in [5.41, 5.74) is 1.73. The van der Waals surface area contributed by atoms with Crippen LogP contribution in [0.1, 0.15) is 24.0 Å². The average Bonchev–Trinajstić information content (AvgIpc) is 2.30. The van der Waals surface area contributed by atoms with Gasteiger partial charge in [0.2, 0.25) is 0 Å². The number of nitriles is 1. The molecule has 0 atom stereocenters. The standard InChI is InChI=1S/C12H15NO2/c13-9-11-3-5-12(6-4-11)10-15-8-2-1-7-14/h3-6,14H,1-2,7-8,10H2. The van der Waals surface area contributed by atoms with Crippen LogP contribution < -0.4 is 0 Å². The van der Waals surface area contributed by atoms with Gasteiger partial charge in [-0.15, -0.1) is 0 Å². The summed E-state index contributed by atoms with van der Waals surface area (Å²) in [4.78, 5) is 0. The lowest BCUT2D eigenvalue weighted by atomic mass is 10.2. The molecule has 0 saturated heterocycles. The highest BCUT2D eigenvalue weighted by molar-refractivity contribution is 5.31. The molecule has 1 aromatic rings. The third kappa shape index (κ3) is 4.59. The molecule has 0 aliphatic rings. The molecule has 0 fully saturated rings. The molecule has 3 nitrogen and oxygen atoms in total. The van der Waals surface area contributed by atoms with E-state index in [9.17, 15) is 0 Å². The van der Waals surface area contributed by atoms with Gasteiger partial charge in [-0.25, -0.2) is 0 Å². The maximum Gasteiger partial charge on any atom is 0.0991 e. The van der Waals surface area contributed by atoms with Crippen LogP contribution in [-0.2, 0) is 11.3 Å². The van der Waals surface area contributed by atoms with Crippen molar-refractivity contribution in [2.24, 2.45) is 0 Å². The first-order valence-corrected chi connectivity index (χ1v) is 5.04. The van der Waals surface area contributed by atoms with Gasteiger partial charge in [0.1, 0.15) is 0 Å². The molecule has 0 amide bonds. The Morgan fingerprint density at radius 1 is 1.20 bits per heavy atom. The maximum atomic E-state index is 8.60. The Balaban J connectivity index is 2.23. The molecule has 0 unspecified atom stereocenters. The summed E-state index contributed by atoms with van der Waals surface area (Å²) in [5, 5.41) is 17.2. The highest BCUT2D eigenvalue weighted by Crippen LogP contribution is 2.05. The van der Waals surface area contributed by atoms with E-state index in [2.05, 4.69) is 6.07 Å². The lowest BCUT2D eigenvalue weighted by Gasteiger charge is -2.03. The van der Waals surface area contributed by atoms with E-state index in [-0.39, 0.29) is 6.61 Å². The molecule has 0 saturated carbocycles. The first kappa shape index (κ1) is 11.7. The van der Waals surface area contributed by atoms with E-state index in [4.69, 9.17) is 15.1 Å². The van der Waals surface area contributed by atoms with E-state index < -0.39 is 0 Å². The van der Waals surface area contributed by atoms with Crippen LogP contribution in [0.5, 0.6) is 0 Å². The number of hydrogen-bond donors (Lipinski definition) is 1. The molecular formula is C12H15NO2. The molecule has 80 valence electrons. The largest absolute Gasteiger partial charge is 0.396 e. The molecule has 3 heteroatoms. The van der Waals surface area contributed by atoms with Gasteiger partial charge in [0, 0.05) is 13.2 Å². The summed E-state index contributed by atoms with van der Waals surface area (Å²) in [6.45, 7) is 1.46. The molecule has 15 heavy (non-hydrogen) atoms. The van der Waals surface area contributed by atoms with Crippen LogP contribution in [0, 0.1) is 11.3 Å². The van der Waals surface area contributed by atoms with Crippen LogP contribution in [0.4, 0.5) is 0 Å². The first-order chi connectivity index (χ1) is 7.36. The van der Waals surface area contributed by atoms with Crippen molar-refractivity contribution in [2.45, 2.75) is 19.4 Å². The molecule has 0 bridgehead atoms. The molecule has 0 radical (unpaired) electrons. The van der Waals surface area contributed by atoms with Gasteiger partial charge in [-0.05, 0) is 30.5 Å². The second-order valence-electron chi connectivity index (χ2n) is 3.29. The van der Waals surface area contributed by atoms with Crippen molar-refractivity contribution in [2.75, 3.05) is 13.2 Å². The van der Waals surface area contributed by atoms with Crippen LogP contribution in [0.25, 0.3) is 0 Å². The van der Waals surface area contributed by atoms with Gasteiger partial charge >= 0.3 is 0 Å². The Labute approximate surface area is 89.9 Å². The monoisotopic (exact) mass is 205 g/mol. The number of aliphatic hydroxyl groups excluding tert-OH is 1. The number of nitrogens with zero attached hydrogens (tertiary/aromatic N) is 1. The molecule has 1 rings (SSSR count). The second kappa shape index (κ2) is 6.99. The zero-order chi connectivity index (χ0) is 10.9. The quantitative estimate of drug-likeness (QED) is 0.721. The van der Waals surface area contributed by atoms with Crippen molar-refractivity contribution >= 4 is 0 Å². The summed E-state index contributed by atoms with van der Waals surface area (Å²) in [6, 6.07) is 9.42. The van der Waals surface area contributed by atoms with E-state index in [1.165, 1.54) is 0 Å². The summed E-state index contributed by atoms with van der Waals surface area (Å²) < 4.78 is 5.40. The van der Waals surface area contributed by atoms with Crippen LogP contribution in [0.3, 0.4) is 0 Å². The van der Waals surface area contributed by atoms with Crippen LogP contribution in [-0.4, -0.2) is 18.3 Å². The van der Waals surface area contributed by atoms with Gasteiger partial charge in [-0.2, -0.15) is 5.26 Å². The zero-order valence-corrected chi connectivity index (χ0v) is 8.65. The topological polar surface area (TPSA) is 53.2 Å². The third-order valence-electron chi connectivity index (χ3n) is 2.05. The number of hydrogen-bond acceptors (Lipinski definition) is 3. The Morgan fingerprint density at radius 2 is 1.93 bits per heavy atom. The maximum absolute atomic E-state index is 8.60. The summed E-state index contributed by atoms with van der Waals surface area (Å²) in [7, 11) is 0. The Bertz CT molecular complexity index is 313. The van der Waals surface area contributed by atoms with Crippen molar-refractivity contribution in [3.8, 4) is 6.07 Å². The minimum absolute atomic E-state index is 0.222. The highest BCUT2D eigenvalue weighted by Gasteiger charge is 1.94. The Morgan fingerprint density at radius 3 is 2.53 bits per heavy atom. The predicted octanol–water partition coefficient (Wildman–Crippen LogP) is 1.85. The summed E-state index contributed by atoms with van der Waals surface area (Å²) >= 11 is 0. The van der Waals surface area contributed by atoms with Crippen LogP contribution >= 0.6 is 0 Å². The number of benzene rings is 1. The summed E-state index contributed by atoms with van der Waals surface area (Å²) in [6.07, 6.45) is 1.67. The minimum Gasteiger partial charge on any atom is -0.396 e. The number of unbranched alkanes of at least 4 members (excludes halogenated alkanes) is 1. The van der Waals surface area contributed by atoms with E-state index >= 15 is 0 Å². The van der Waals surface area contributed by atoms with E-state index in [1.807, 2.05) is 12.1 Å². The van der Waals surface area contributed by atoms with Gasteiger partial charge in [0.25, 0.3) is 0 Å². The third-order valence-corrected chi connectivity index (χ3v) is 2.05. The van der Waals surface area contributed by atoms with E-state index in [0.29, 0.717) is 18.8 Å². The van der Waals surface area contributed by atoms with Gasteiger partial charge in [-0.3, -0.25) is 0 Å². The number of rotatable bonds is 6. The van der Waals surface area contributed by atoms with Crippen molar-refractivity contribution < 1.29 is 9.84 Å². The molecule has 1 N–H and O–H groups in total. The van der Waals surface area contributed by atoms with Crippen molar-refractivity contribution in [3.05, 3.63) is 35.4 Å². The average molecular weight is 205 g/mol. The second-order valence-corrected chi connectivity index (χ2v) is 3.29. The fourth-order valence-electron chi connectivity index (χ4n) is 1.18. The molecule has 0 aliphatic heterocycles. The fourth-order valence-corrected chi connectivity index (χ4v) is 1.18. The number of aliphatic hydroxyl groups is 1. The minimum atomic E-state index is 0.222. The van der Waals surface area contributed by atoms with Crippen molar-refractivity contribution in [1.82, 2.24) is 0 Å². The van der Waals surface area contributed by atoms with Gasteiger partial charge in [0.05, 0.1) is 18.2 Å². The predicted molar refractivity (Wildman–Crippen MR) is 57.1 cm³/mol. The van der Waals surface area contributed by atoms with Gasteiger partial charge < -0.3 is 9.84 Å². The van der Waals surface area contributed by atoms with Crippen LogP contribution in [0.2, 0.25) is 0 Å². The molecule has 0 aliphatic carbocycles. The fraction of sp³-hybridized carbons (Fsp3) is 0.417. The van der Waals surface area contributed by atoms with Crippen molar-refractivity contribution in [1.29, 1.82) is 5.26 Å². The molecular weight excluding hydrogens is 190 g/mol. The lowest BCUT2D eigenvalue weighted by Crippen LogP contribution is -1.96. The van der Waals surface area contributed by atoms with Gasteiger partial charge in [0.15, 0.2) is 0 Å². The lowest BCUT2D eigenvalue weighted by molar-refractivity contribution is 0.112. The van der Waals surface area contributed by atoms with Gasteiger partial charge in [-0.1, -0.05) is 12.1 Å². The molecule has 0 spiro atoms. The van der Waals surface area contributed by atoms with Crippen molar-refractivity contribution in [3.63, 3.8) is 0 Å². The molecule has 0 aromatic heterocycles. The SMILES string of the molecule is N#Cc1ccc(COCCCCO)cc1. The number of ether oxygens (including phenoxy) is 1. The smallest absolute Gasteiger partial charge is 0.0991 e. The van der Waals surface area contributed by atoms with E-state index in [0.717, 1.165) is 18.4 Å².